The van der Waals surface area contributed by atoms with E-state index >= 15 is 0 Å². The lowest BCUT2D eigenvalue weighted by atomic mass is 10.0. The standard InChI is InChI=1S/C14H27NOS/c1-11(2)5-4-6-12(3)15-13(16)9-14(10-17)7-8-14/h11-12,17H,4-10H2,1-3H3,(H,15,16). The van der Waals surface area contributed by atoms with E-state index in [4.69, 9.17) is 0 Å². The van der Waals surface area contributed by atoms with Crippen molar-refractivity contribution in [3.8, 4) is 0 Å². The Morgan fingerprint density at radius 3 is 2.41 bits per heavy atom. The number of thiol groups is 1. The summed E-state index contributed by atoms with van der Waals surface area (Å²) in [6.07, 6.45) is 6.57. The molecule has 1 aliphatic carbocycles. The highest BCUT2D eigenvalue weighted by Crippen LogP contribution is 2.49. The van der Waals surface area contributed by atoms with Crippen molar-refractivity contribution < 1.29 is 4.79 Å². The highest BCUT2D eigenvalue weighted by atomic mass is 32.1. The van der Waals surface area contributed by atoms with Gasteiger partial charge in [0.15, 0.2) is 0 Å². The molecule has 3 heteroatoms. The van der Waals surface area contributed by atoms with Gasteiger partial charge in [0.05, 0.1) is 0 Å². The van der Waals surface area contributed by atoms with E-state index in [1.165, 1.54) is 25.7 Å². The zero-order valence-electron chi connectivity index (χ0n) is 11.5. The summed E-state index contributed by atoms with van der Waals surface area (Å²) in [4.78, 5) is 11.8. The van der Waals surface area contributed by atoms with Gasteiger partial charge >= 0.3 is 0 Å². The van der Waals surface area contributed by atoms with Crippen molar-refractivity contribution in [2.24, 2.45) is 11.3 Å². The zero-order valence-corrected chi connectivity index (χ0v) is 12.4. The first kappa shape index (κ1) is 14.9. The molecule has 1 atom stereocenters. The molecule has 1 N–H and O–H groups in total. The van der Waals surface area contributed by atoms with Gasteiger partial charge < -0.3 is 5.32 Å². The van der Waals surface area contributed by atoms with Crippen molar-refractivity contribution in [1.29, 1.82) is 0 Å². The molecule has 17 heavy (non-hydrogen) atoms. The second kappa shape index (κ2) is 6.67. The van der Waals surface area contributed by atoms with Crippen LogP contribution in [0.1, 0.15) is 59.3 Å². The van der Waals surface area contributed by atoms with Crippen LogP contribution in [-0.2, 0) is 4.79 Å². The first-order chi connectivity index (χ1) is 7.97. The van der Waals surface area contributed by atoms with Crippen LogP contribution in [0.2, 0.25) is 0 Å². The average Bonchev–Trinajstić information content (AvgIpc) is 2.97. The first-order valence-electron chi connectivity index (χ1n) is 6.88. The van der Waals surface area contributed by atoms with Crippen molar-refractivity contribution in [3.05, 3.63) is 0 Å². The highest BCUT2D eigenvalue weighted by Gasteiger charge is 2.42. The van der Waals surface area contributed by atoms with Gasteiger partial charge in [-0.1, -0.05) is 26.7 Å². The lowest BCUT2D eigenvalue weighted by molar-refractivity contribution is -0.122. The van der Waals surface area contributed by atoms with Gasteiger partial charge in [-0.3, -0.25) is 4.79 Å². The van der Waals surface area contributed by atoms with Gasteiger partial charge in [-0.05, 0) is 43.3 Å². The molecule has 1 amide bonds. The summed E-state index contributed by atoms with van der Waals surface area (Å²) in [5, 5.41) is 3.11. The number of carbonyl (C=O) groups excluding carboxylic acids is 1. The molecule has 0 aromatic carbocycles. The Labute approximate surface area is 111 Å². The maximum atomic E-state index is 11.8. The fourth-order valence-electron chi connectivity index (χ4n) is 2.14. The molecule has 0 saturated heterocycles. The topological polar surface area (TPSA) is 29.1 Å². The highest BCUT2D eigenvalue weighted by molar-refractivity contribution is 7.80. The zero-order chi connectivity index (χ0) is 12.9. The van der Waals surface area contributed by atoms with Gasteiger partial charge in [0.2, 0.25) is 5.91 Å². The number of amides is 1. The summed E-state index contributed by atoms with van der Waals surface area (Å²) in [5.74, 6) is 1.83. The minimum Gasteiger partial charge on any atom is -0.354 e. The van der Waals surface area contributed by atoms with Crippen LogP contribution in [0.25, 0.3) is 0 Å². The fourth-order valence-corrected chi connectivity index (χ4v) is 2.57. The molecular weight excluding hydrogens is 230 g/mol. The Kier molecular flexibility index (Phi) is 5.84. The lowest BCUT2D eigenvalue weighted by Crippen LogP contribution is -2.34. The number of rotatable bonds is 8. The van der Waals surface area contributed by atoms with Crippen molar-refractivity contribution in [2.75, 3.05) is 5.75 Å². The van der Waals surface area contributed by atoms with Crippen LogP contribution < -0.4 is 5.32 Å². The van der Waals surface area contributed by atoms with Crippen molar-refractivity contribution >= 4 is 18.5 Å². The molecule has 0 spiro atoms. The molecule has 1 saturated carbocycles. The molecule has 0 heterocycles. The van der Waals surface area contributed by atoms with E-state index < -0.39 is 0 Å². The molecule has 1 unspecified atom stereocenters. The summed E-state index contributed by atoms with van der Waals surface area (Å²) in [7, 11) is 0. The van der Waals surface area contributed by atoms with E-state index in [2.05, 4.69) is 38.7 Å². The predicted molar refractivity (Wildman–Crippen MR) is 76.4 cm³/mol. The molecule has 1 fully saturated rings. The molecule has 0 aromatic rings. The number of nitrogens with one attached hydrogen (secondary N) is 1. The Morgan fingerprint density at radius 2 is 1.94 bits per heavy atom. The summed E-state index contributed by atoms with van der Waals surface area (Å²) in [6.45, 7) is 6.60. The molecular formula is C14H27NOS. The monoisotopic (exact) mass is 257 g/mol. The minimum absolute atomic E-state index is 0.216. The quantitative estimate of drug-likeness (QED) is 0.641. The third-order valence-corrected chi connectivity index (χ3v) is 4.32. The van der Waals surface area contributed by atoms with Crippen LogP contribution in [0.3, 0.4) is 0 Å². The second-order valence-electron chi connectivity index (χ2n) is 6.13. The van der Waals surface area contributed by atoms with E-state index in [0.717, 1.165) is 18.1 Å². The maximum absolute atomic E-state index is 11.8. The molecule has 1 rings (SSSR count). The van der Waals surface area contributed by atoms with Gasteiger partial charge in [-0.2, -0.15) is 12.6 Å². The summed E-state index contributed by atoms with van der Waals surface area (Å²) >= 11 is 4.33. The number of hydrogen-bond acceptors (Lipinski definition) is 2. The third-order valence-electron chi connectivity index (χ3n) is 3.65. The largest absolute Gasteiger partial charge is 0.354 e. The molecule has 0 radical (unpaired) electrons. The molecule has 0 aromatic heterocycles. The van der Waals surface area contributed by atoms with Gasteiger partial charge in [-0.15, -0.1) is 0 Å². The molecule has 100 valence electrons. The van der Waals surface area contributed by atoms with Crippen molar-refractivity contribution in [2.45, 2.75) is 65.3 Å². The SMILES string of the molecule is CC(C)CCCC(C)NC(=O)CC1(CS)CC1. The van der Waals surface area contributed by atoms with E-state index in [-0.39, 0.29) is 11.3 Å². The van der Waals surface area contributed by atoms with Gasteiger partial charge in [-0.25, -0.2) is 0 Å². The maximum Gasteiger partial charge on any atom is 0.220 e. The normalized spacial score (nSPS) is 19.1. The fraction of sp³-hybridized carbons (Fsp3) is 0.929. The van der Waals surface area contributed by atoms with E-state index in [1.807, 2.05) is 0 Å². The van der Waals surface area contributed by atoms with Crippen LogP contribution in [0, 0.1) is 11.3 Å². The predicted octanol–water partition coefficient (Wildman–Crippen LogP) is 3.42. The van der Waals surface area contributed by atoms with Gasteiger partial charge in [0, 0.05) is 12.5 Å². The van der Waals surface area contributed by atoms with Crippen molar-refractivity contribution in [1.82, 2.24) is 5.32 Å². The smallest absolute Gasteiger partial charge is 0.220 e. The second-order valence-corrected chi connectivity index (χ2v) is 6.44. The van der Waals surface area contributed by atoms with Gasteiger partial charge in [0.1, 0.15) is 0 Å². The number of hydrogen-bond donors (Lipinski definition) is 2. The van der Waals surface area contributed by atoms with Gasteiger partial charge in [0.25, 0.3) is 0 Å². The molecule has 2 nitrogen and oxygen atoms in total. The van der Waals surface area contributed by atoms with E-state index in [0.29, 0.717) is 12.5 Å². The molecule has 0 bridgehead atoms. The van der Waals surface area contributed by atoms with Crippen LogP contribution in [0.5, 0.6) is 0 Å². The Hall–Kier alpha value is -0.180. The molecule has 0 aliphatic heterocycles. The summed E-state index contributed by atoms with van der Waals surface area (Å²) in [5.41, 5.74) is 0.241. The van der Waals surface area contributed by atoms with Crippen molar-refractivity contribution in [3.63, 3.8) is 0 Å². The average molecular weight is 257 g/mol. The summed E-state index contributed by atoms with van der Waals surface area (Å²) in [6, 6.07) is 0.317. The van der Waals surface area contributed by atoms with E-state index in [9.17, 15) is 4.79 Å². The Balaban J connectivity index is 2.13. The molecule has 1 aliphatic rings. The summed E-state index contributed by atoms with van der Waals surface area (Å²) < 4.78 is 0. The van der Waals surface area contributed by atoms with E-state index in [1.54, 1.807) is 0 Å². The van der Waals surface area contributed by atoms with Crippen LogP contribution >= 0.6 is 12.6 Å². The van der Waals surface area contributed by atoms with Crippen LogP contribution in [0.4, 0.5) is 0 Å². The number of carbonyl (C=O) groups is 1. The minimum atomic E-state index is 0.216. The Morgan fingerprint density at radius 1 is 1.29 bits per heavy atom. The first-order valence-corrected chi connectivity index (χ1v) is 7.51. The lowest BCUT2D eigenvalue weighted by Gasteiger charge is -2.17. The third kappa shape index (κ3) is 5.80. The Bertz CT molecular complexity index is 249. The van der Waals surface area contributed by atoms with Crippen LogP contribution in [0.15, 0.2) is 0 Å². The van der Waals surface area contributed by atoms with Crippen LogP contribution in [-0.4, -0.2) is 17.7 Å².